The average Bonchev–Trinajstić information content (AvgIpc) is 3.76. The zero-order valence-corrected chi connectivity index (χ0v) is 22.7. The van der Waals surface area contributed by atoms with Crippen LogP contribution in [0.5, 0.6) is 5.75 Å². The van der Waals surface area contributed by atoms with Gasteiger partial charge < -0.3 is 14.4 Å². The number of benzene rings is 2. The average molecular weight is 580 g/mol. The number of pyridine rings is 1. The lowest BCUT2D eigenvalue weighted by atomic mass is 9.92. The smallest absolute Gasteiger partial charge is 0.271 e. The van der Waals surface area contributed by atoms with Crippen molar-refractivity contribution in [3.63, 3.8) is 0 Å². The molecular formula is C28H29Cl2F2N3O4. The Balaban J connectivity index is 1.13. The molecule has 11 heteroatoms. The molecule has 1 saturated heterocycles. The minimum absolute atomic E-state index is 0.0128. The number of hydrogen-bond acceptors (Lipinski definition) is 5. The first-order valence-electron chi connectivity index (χ1n) is 13.1. The van der Waals surface area contributed by atoms with Crippen molar-refractivity contribution in [2.45, 2.75) is 50.7 Å². The number of rotatable bonds is 9. The fourth-order valence-corrected chi connectivity index (χ4v) is 5.24. The van der Waals surface area contributed by atoms with Gasteiger partial charge in [0, 0.05) is 36.8 Å². The van der Waals surface area contributed by atoms with Crippen molar-refractivity contribution in [1.82, 2.24) is 15.0 Å². The van der Waals surface area contributed by atoms with E-state index in [2.05, 4.69) is 5.43 Å². The molecule has 2 fully saturated rings. The first-order valence-corrected chi connectivity index (χ1v) is 13.8. The summed E-state index contributed by atoms with van der Waals surface area (Å²) in [6.45, 7) is 1.25. The normalized spacial score (nSPS) is 17.4. The Morgan fingerprint density at radius 3 is 2.49 bits per heavy atom. The van der Waals surface area contributed by atoms with Crippen molar-refractivity contribution >= 4 is 40.0 Å². The number of aliphatic hydroxyl groups excluding tert-OH is 1. The van der Waals surface area contributed by atoms with Crippen molar-refractivity contribution in [1.29, 1.82) is 0 Å². The van der Waals surface area contributed by atoms with Gasteiger partial charge in [-0.05, 0) is 68.7 Å². The van der Waals surface area contributed by atoms with Crippen LogP contribution >= 0.6 is 23.2 Å². The SMILES string of the molecule is O=C(NN1CCC(CC[C@H](O)COc2ccc(Cl)c(F)c2)CC1)c1cn(C2CC2)c2cc(Cl)c(F)cc2c1=O. The molecule has 39 heavy (non-hydrogen) atoms. The summed E-state index contributed by atoms with van der Waals surface area (Å²) in [6, 6.07) is 6.85. The highest BCUT2D eigenvalue weighted by molar-refractivity contribution is 6.31. The molecule has 0 unspecified atom stereocenters. The monoisotopic (exact) mass is 579 g/mol. The molecule has 1 aromatic heterocycles. The molecule has 2 aromatic carbocycles. The van der Waals surface area contributed by atoms with E-state index in [9.17, 15) is 23.5 Å². The van der Waals surface area contributed by atoms with E-state index in [1.54, 1.807) is 17.3 Å². The predicted octanol–water partition coefficient (Wildman–Crippen LogP) is 5.50. The summed E-state index contributed by atoms with van der Waals surface area (Å²) in [5.41, 5.74) is 2.81. The summed E-state index contributed by atoms with van der Waals surface area (Å²) in [5, 5.41) is 12.2. The fourth-order valence-electron chi connectivity index (χ4n) is 4.97. The molecule has 2 aliphatic rings. The molecule has 2 heterocycles. The molecule has 0 spiro atoms. The van der Waals surface area contributed by atoms with E-state index in [-0.39, 0.29) is 33.6 Å². The lowest BCUT2D eigenvalue weighted by molar-refractivity contribution is 0.0645. The third-order valence-corrected chi connectivity index (χ3v) is 7.97. The summed E-state index contributed by atoms with van der Waals surface area (Å²) in [4.78, 5) is 26.2. The van der Waals surface area contributed by atoms with Gasteiger partial charge in [0.1, 0.15) is 29.6 Å². The number of piperidine rings is 1. The van der Waals surface area contributed by atoms with Gasteiger partial charge in [0.05, 0.1) is 21.7 Å². The number of nitrogens with one attached hydrogen (secondary N) is 1. The number of amides is 1. The highest BCUT2D eigenvalue weighted by atomic mass is 35.5. The van der Waals surface area contributed by atoms with Gasteiger partial charge in [0.25, 0.3) is 5.91 Å². The molecule has 1 atom stereocenters. The third kappa shape index (κ3) is 6.54. The Bertz CT molecular complexity index is 1440. The molecule has 5 rings (SSSR count). The summed E-state index contributed by atoms with van der Waals surface area (Å²) < 4.78 is 35.0. The fraction of sp³-hybridized carbons (Fsp3) is 0.429. The van der Waals surface area contributed by atoms with Crippen molar-refractivity contribution in [3.05, 3.63) is 74.0 Å². The van der Waals surface area contributed by atoms with E-state index in [0.29, 0.717) is 36.7 Å². The van der Waals surface area contributed by atoms with Crippen LogP contribution in [0, 0.1) is 17.6 Å². The van der Waals surface area contributed by atoms with Gasteiger partial charge in [-0.15, -0.1) is 0 Å². The van der Waals surface area contributed by atoms with Crippen LogP contribution in [-0.2, 0) is 0 Å². The molecule has 0 bridgehead atoms. The number of aromatic nitrogens is 1. The van der Waals surface area contributed by atoms with Crippen molar-refractivity contribution in [3.8, 4) is 5.75 Å². The van der Waals surface area contributed by atoms with E-state index < -0.39 is 29.1 Å². The highest BCUT2D eigenvalue weighted by Crippen LogP contribution is 2.37. The molecule has 3 aromatic rings. The largest absolute Gasteiger partial charge is 0.491 e. The molecule has 0 radical (unpaired) electrons. The zero-order chi connectivity index (χ0) is 27.7. The third-order valence-electron chi connectivity index (χ3n) is 7.37. The first kappa shape index (κ1) is 27.8. The maximum absolute atomic E-state index is 14.2. The molecular weight excluding hydrogens is 551 g/mol. The van der Waals surface area contributed by atoms with Gasteiger partial charge in [-0.1, -0.05) is 23.2 Å². The van der Waals surface area contributed by atoms with Gasteiger partial charge in [0.2, 0.25) is 5.43 Å². The molecule has 2 N–H and O–H groups in total. The van der Waals surface area contributed by atoms with Crippen LogP contribution in [0.3, 0.4) is 0 Å². The van der Waals surface area contributed by atoms with Gasteiger partial charge >= 0.3 is 0 Å². The van der Waals surface area contributed by atoms with E-state index in [1.165, 1.54) is 18.2 Å². The second-order valence-corrected chi connectivity index (χ2v) is 11.1. The Kier molecular flexibility index (Phi) is 8.42. The van der Waals surface area contributed by atoms with Crippen molar-refractivity contribution < 1.29 is 23.4 Å². The number of aliphatic hydroxyl groups is 1. The van der Waals surface area contributed by atoms with Gasteiger partial charge in [0.15, 0.2) is 0 Å². The van der Waals surface area contributed by atoms with Crippen molar-refractivity contribution in [2.24, 2.45) is 5.92 Å². The quantitative estimate of drug-likeness (QED) is 0.350. The zero-order valence-electron chi connectivity index (χ0n) is 21.1. The number of nitrogens with zero attached hydrogens (tertiary/aromatic N) is 2. The van der Waals surface area contributed by atoms with Crippen LogP contribution in [0.2, 0.25) is 10.0 Å². The molecule has 1 saturated carbocycles. The Morgan fingerprint density at radius 1 is 1.08 bits per heavy atom. The Labute approximate surface area is 234 Å². The van der Waals surface area contributed by atoms with Crippen LogP contribution in [0.25, 0.3) is 10.9 Å². The number of hydrogen-bond donors (Lipinski definition) is 2. The van der Waals surface area contributed by atoms with Gasteiger partial charge in [-0.25, -0.2) is 13.8 Å². The van der Waals surface area contributed by atoms with Gasteiger partial charge in [-0.2, -0.15) is 0 Å². The number of hydrazine groups is 1. The number of ether oxygens (including phenoxy) is 1. The highest BCUT2D eigenvalue weighted by Gasteiger charge is 2.28. The maximum atomic E-state index is 14.2. The molecule has 208 valence electrons. The van der Waals surface area contributed by atoms with Crippen LogP contribution in [-0.4, -0.2) is 46.4 Å². The van der Waals surface area contributed by atoms with E-state index in [0.717, 1.165) is 38.2 Å². The summed E-state index contributed by atoms with van der Waals surface area (Å²) >= 11 is 11.6. The van der Waals surface area contributed by atoms with Crippen LogP contribution in [0.1, 0.15) is 54.9 Å². The second kappa shape index (κ2) is 11.8. The Hall–Kier alpha value is -2.72. The summed E-state index contributed by atoms with van der Waals surface area (Å²) in [7, 11) is 0. The number of carbonyl (C=O) groups is 1. The van der Waals surface area contributed by atoms with Crippen LogP contribution in [0.4, 0.5) is 8.78 Å². The molecule has 1 aliphatic heterocycles. The van der Waals surface area contributed by atoms with Crippen LogP contribution in [0.15, 0.2) is 41.3 Å². The second-order valence-electron chi connectivity index (χ2n) is 10.3. The minimum atomic E-state index is -0.696. The van der Waals surface area contributed by atoms with Crippen molar-refractivity contribution in [2.75, 3.05) is 19.7 Å². The lowest BCUT2D eigenvalue weighted by Crippen LogP contribution is -2.47. The maximum Gasteiger partial charge on any atom is 0.271 e. The molecule has 7 nitrogen and oxygen atoms in total. The molecule has 1 aliphatic carbocycles. The minimum Gasteiger partial charge on any atom is -0.491 e. The first-order chi connectivity index (χ1) is 18.7. The predicted molar refractivity (Wildman–Crippen MR) is 145 cm³/mol. The summed E-state index contributed by atoms with van der Waals surface area (Å²) in [5.74, 6) is -1.11. The van der Waals surface area contributed by atoms with E-state index in [4.69, 9.17) is 27.9 Å². The standard InChI is InChI=1S/C28H29Cl2F2N3O4/c29-22-6-5-19(11-24(22)31)39-15-18(36)4-1-16-7-9-34(10-8-16)33-28(38)21-14-35(17-2-3-17)26-13-23(30)25(32)12-20(26)27(21)37/h5-6,11-14,16-18,36H,1-4,7-10,15H2,(H,33,38)/t18-/m0/s1. The topological polar surface area (TPSA) is 83.8 Å². The summed E-state index contributed by atoms with van der Waals surface area (Å²) in [6.07, 6.45) is 5.64. The van der Waals surface area contributed by atoms with E-state index in [1.807, 2.05) is 4.57 Å². The number of carbonyl (C=O) groups excluding carboxylic acids is 1. The number of fused-ring (bicyclic) bond motifs is 1. The lowest BCUT2D eigenvalue weighted by Gasteiger charge is -2.32. The molecule has 1 amide bonds. The Morgan fingerprint density at radius 2 is 1.79 bits per heavy atom. The number of halogens is 4. The van der Waals surface area contributed by atoms with Gasteiger partial charge in [-0.3, -0.25) is 15.0 Å². The van der Waals surface area contributed by atoms with Crippen LogP contribution < -0.4 is 15.6 Å². The van der Waals surface area contributed by atoms with E-state index >= 15 is 0 Å².